The van der Waals surface area contributed by atoms with Crippen LogP contribution in [-0.4, -0.2) is 56.6 Å². The highest BCUT2D eigenvalue weighted by atomic mass is 16.4. The van der Waals surface area contributed by atoms with Crippen LogP contribution in [0, 0.1) is 5.41 Å². The summed E-state index contributed by atoms with van der Waals surface area (Å²) in [5.41, 5.74) is -0.602. The highest BCUT2D eigenvalue weighted by molar-refractivity contribution is 4.86. The Bertz CT molecular complexity index is 165. The molecule has 0 rings (SSSR count). The van der Waals surface area contributed by atoms with Gasteiger partial charge < -0.3 is 25.5 Å². The molecule has 0 aromatic heterocycles. The summed E-state index contributed by atoms with van der Waals surface area (Å²) in [6.45, 7) is 4.42. The smallest absolute Gasteiger partial charge is 0.111 e. The third kappa shape index (κ3) is 3.51. The van der Waals surface area contributed by atoms with Gasteiger partial charge in [-0.25, -0.2) is 0 Å². The van der Waals surface area contributed by atoms with Gasteiger partial charge in [0.05, 0.1) is 12.7 Å². The first-order valence-electron chi connectivity index (χ1n) is 4.55. The van der Waals surface area contributed by atoms with E-state index >= 15 is 0 Å². The summed E-state index contributed by atoms with van der Waals surface area (Å²) in [7, 11) is 0. The maximum atomic E-state index is 9.57. The maximum Gasteiger partial charge on any atom is 0.111 e. The van der Waals surface area contributed by atoms with Gasteiger partial charge in [-0.3, -0.25) is 0 Å². The Morgan fingerprint density at radius 3 is 1.64 bits per heavy atom. The molecule has 0 aromatic rings. The minimum atomic E-state index is -1.55. The van der Waals surface area contributed by atoms with Crippen LogP contribution < -0.4 is 0 Å². The predicted molar refractivity (Wildman–Crippen MR) is 50.6 cm³/mol. The molecular formula is C9H20O5. The van der Waals surface area contributed by atoms with E-state index in [2.05, 4.69) is 0 Å². The largest absolute Gasteiger partial charge is 0.394 e. The molecule has 14 heavy (non-hydrogen) atoms. The molecular weight excluding hydrogens is 188 g/mol. The molecule has 0 aromatic carbocycles. The predicted octanol–water partition coefficient (Wildman–Crippen LogP) is -1.53. The van der Waals surface area contributed by atoms with Crippen molar-refractivity contribution in [3.63, 3.8) is 0 Å². The van der Waals surface area contributed by atoms with E-state index in [4.69, 9.17) is 10.2 Å². The summed E-state index contributed by atoms with van der Waals surface area (Å²) in [5.74, 6) is 0. The average Bonchev–Trinajstić information content (AvgIpc) is 2.11. The minimum absolute atomic E-state index is 0.602. The van der Waals surface area contributed by atoms with Crippen molar-refractivity contribution >= 4 is 0 Å². The number of hydrogen-bond acceptors (Lipinski definition) is 5. The lowest BCUT2D eigenvalue weighted by Gasteiger charge is -2.33. The molecule has 0 saturated heterocycles. The summed E-state index contributed by atoms with van der Waals surface area (Å²) in [6, 6.07) is 0. The first-order chi connectivity index (χ1) is 6.21. The Morgan fingerprint density at radius 1 is 0.929 bits per heavy atom. The van der Waals surface area contributed by atoms with Crippen LogP contribution in [0.4, 0.5) is 0 Å². The summed E-state index contributed by atoms with van der Waals surface area (Å²) in [6.07, 6.45) is -5.63. The molecule has 0 radical (unpaired) electrons. The number of aliphatic hydroxyl groups is 5. The quantitative estimate of drug-likeness (QED) is 0.386. The van der Waals surface area contributed by atoms with Crippen molar-refractivity contribution in [1.82, 2.24) is 0 Å². The lowest BCUT2D eigenvalue weighted by atomic mass is 9.83. The normalized spacial score (nSPS) is 21.4. The molecule has 5 heteroatoms. The fourth-order valence-electron chi connectivity index (χ4n) is 1.03. The first-order valence-corrected chi connectivity index (χ1v) is 4.55. The van der Waals surface area contributed by atoms with Gasteiger partial charge in [0.15, 0.2) is 0 Å². The van der Waals surface area contributed by atoms with E-state index < -0.39 is 36.4 Å². The van der Waals surface area contributed by atoms with Crippen LogP contribution in [0.25, 0.3) is 0 Å². The highest BCUT2D eigenvalue weighted by Gasteiger charge is 2.36. The molecule has 4 atom stereocenters. The second-order valence-electron chi connectivity index (χ2n) is 4.54. The molecule has 0 amide bonds. The molecule has 0 aliphatic heterocycles. The Kier molecular flexibility index (Phi) is 4.97. The van der Waals surface area contributed by atoms with Crippen LogP contribution in [0.5, 0.6) is 0 Å². The van der Waals surface area contributed by atoms with E-state index in [1.165, 1.54) is 0 Å². The molecule has 5 nitrogen and oxygen atoms in total. The van der Waals surface area contributed by atoms with Crippen molar-refractivity contribution in [1.29, 1.82) is 0 Å². The Morgan fingerprint density at radius 2 is 1.36 bits per heavy atom. The van der Waals surface area contributed by atoms with E-state index in [0.717, 1.165) is 0 Å². The Hall–Kier alpha value is -0.200. The third-order valence-corrected chi connectivity index (χ3v) is 2.14. The molecule has 86 valence electrons. The van der Waals surface area contributed by atoms with Gasteiger partial charge >= 0.3 is 0 Å². The zero-order valence-corrected chi connectivity index (χ0v) is 8.75. The summed E-state index contributed by atoms with van der Waals surface area (Å²) >= 11 is 0. The van der Waals surface area contributed by atoms with Gasteiger partial charge in [-0.1, -0.05) is 20.8 Å². The maximum absolute atomic E-state index is 9.57. The van der Waals surface area contributed by atoms with E-state index in [0.29, 0.717) is 0 Å². The van der Waals surface area contributed by atoms with Crippen LogP contribution >= 0.6 is 0 Å². The fraction of sp³-hybridized carbons (Fsp3) is 1.00. The number of aliphatic hydroxyl groups excluding tert-OH is 5. The molecule has 0 saturated carbocycles. The number of hydrogen-bond donors (Lipinski definition) is 5. The fourth-order valence-corrected chi connectivity index (χ4v) is 1.03. The molecule has 0 bridgehead atoms. The van der Waals surface area contributed by atoms with E-state index in [-0.39, 0.29) is 0 Å². The van der Waals surface area contributed by atoms with Crippen LogP contribution in [0.2, 0.25) is 0 Å². The minimum Gasteiger partial charge on any atom is -0.394 e. The highest BCUT2D eigenvalue weighted by Crippen LogP contribution is 2.23. The molecule has 0 spiro atoms. The van der Waals surface area contributed by atoms with E-state index in [9.17, 15) is 15.3 Å². The lowest BCUT2D eigenvalue weighted by molar-refractivity contribution is -0.137. The first kappa shape index (κ1) is 13.8. The molecule has 5 N–H and O–H groups in total. The van der Waals surface area contributed by atoms with Crippen LogP contribution in [0.1, 0.15) is 20.8 Å². The van der Waals surface area contributed by atoms with Crippen LogP contribution in [0.3, 0.4) is 0 Å². The van der Waals surface area contributed by atoms with Gasteiger partial charge in [-0.05, 0) is 5.41 Å². The Labute approximate surface area is 83.6 Å². The van der Waals surface area contributed by atoms with E-state index in [1.807, 2.05) is 0 Å². The SMILES string of the molecule is CC(C)(C)[C@H](O)[C@H](O)[C@@H](O)[C@@H](O)CO. The zero-order valence-electron chi connectivity index (χ0n) is 8.75. The monoisotopic (exact) mass is 208 g/mol. The van der Waals surface area contributed by atoms with Crippen molar-refractivity contribution in [2.24, 2.45) is 5.41 Å². The van der Waals surface area contributed by atoms with Crippen molar-refractivity contribution in [2.45, 2.75) is 45.2 Å². The summed E-state index contributed by atoms with van der Waals surface area (Å²) < 4.78 is 0. The lowest BCUT2D eigenvalue weighted by Crippen LogP contribution is -2.50. The van der Waals surface area contributed by atoms with Crippen molar-refractivity contribution in [3.05, 3.63) is 0 Å². The van der Waals surface area contributed by atoms with E-state index in [1.54, 1.807) is 20.8 Å². The molecule has 0 aliphatic rings. The van der Waals surface area contributed by atoms with Gasteiger partial charge in [0.25, 0.3) is 0 Å². The van der Waals surface area contributed by atoms with Crippen LogP contribution in [-0.2, 0) is 0 Å². The van der Waals surface area contributed by atoms with Crippen LogP contribution in [0.15, 0.2) is 0 Å². The Balaban J connectivity index is 4.38. The van der Waals surface area contributed by atoms with Crippen molar-refractivity contribution in [2.75, 3.05) is 6.61 Å². The number of rotatable bonds is 4. The molecule has 0 fully saturated rings. The third-order valence-electron chi connectivity index (χ3n) is 2.14. The standard InChI is InChI=1S/C9H20O5/c1-9(2,3)8(14)7(13)6(12)5(11)4-10/h5-8,10-14H,4H2,1-3H3/t5-,6-,7+,8+/m0/s1. The van der Waals surface area contributed by atoms with Gasteiger partial charge in [0.1, 0.15) is 18.3 Å². The second kappa shape index (κ2) is 5.04. The molecule has 0 heterocycles. The van der Waals surface area contributed by atoms with Gasteiger partial charge in [-0.2, -0.15) is 0 Å². The van der Waals surface area contributed by atoms with Crippen molar-refractivity contribution in [3.8, 4) is 0 Å². The second-order valence-corrected chi connectivity index (χ2v) is 4.54. The van der Waals surface area contributed by atoms with Crippen molar-refractivity contribution < 1.29 is 25.5 Å². The summed E-state index contributed by atoms with van der Waals surface area (Å²) in [4.78, 5) is 0. The topological polar surface area (TPSA) is 101 Å². The average molecular weight is 208 g/mol. The summed E-state index contributed by atoms with van der Waals surface area (Å²) in [5, 5.41) is 45.9. The van der Waals surface area contributed by atoms with Gasteiger partial charge in [0.2, 0.25) is 0 Å². The van der Waals surface area contributed by atoms with Gasteiger partial charge in [-0.15, -0.1) is 0 Å². The van der Waals surface area contributed by atoms with Gasteiger partial charge in [0, 0.05) is 0 Å². The molecule has 0 aliphatic carbocycles. The molecule has 0 unspecified atom stereocenters. The zero-order chi connectivity index (χ0) is 11.5.